The van der Waals surface area contributed by atoms with Crippen molar-refractivity contribution >= 4 is 28.8 Å². The van der Waals surface area contributed by atoms with Gasteiger partial charge in [0, 0.05) is 35.3 Å². The summed E-state index contributed by atoms with van der Waals surface area (Å²) in [6.07, 6.45) is 0. The fourth-order valence-corrected chi connectivity index (χ4v) is 4.20. The quantitative estimate of drug-likeness (QED) is 0.633. The average molecular weight is 436 g/mol. The van der Waals surface area contributed by atoms with E-state index in [4.69, 9.17) is 4.74 Å². The minimum absolute atomic E-state index is 0.0554. The Morgan fingerprint density at radius 2 is 1.84 bits per heavy atom. The molecule has 0 atom stereocenters. The Bertz CT molecular complexity index is 1070. The molecule has 0 aliphatic carbocycles. The summed E-state index contributed by atoms with van der Waals surface area (Å²) in [7, 11) is 0. The van der Waals surface area contributed by atoms with Gasteiger partial charge in [-0.2, -0.15) is 0 Å². The average Bonchev–Trinajstić information content (AvgIpc) is 3.30. The number of carbonyl (C=O) groups excluding carboxylic acids is 2. The number of nitrogens with zero attached hydrogens (tertiary/aromatic N) is 2. The molecule has 1 N–H and O–H groups in total. The third kappa shape index (κ3) is 5.00. The number of rotatable bonds is 5. The van der Waals surface area contributed by atoms with Gasteiger partial charge in [0.15, 0.2) is 0 Å². The summed E-state index contributed by atoms with van der Waals surface area (Å²) in [5.74, 6) is 0.120. The molecule has 1 aliphatic heterocycles. The normalized spacial score (nSPS) is 14.0. The van der Waals surface area contributed by atoms with Gasteiger partial charge in [0.2, 0.25) is 0 Å². The fourth-order valence-electron chi connectivity index (χ4n) is 3.40. The van der Waals surface area contributed by atoms with E-state index in [9.17, 15) is 9.59 Å². The van der Waals surface area contributed by atoms with Crippen LogP contribution in [0.5, 0.6) is 0 Å². The van der Waals surface area contributed by atoms with Gasteiger partial charge in [0.1, 0.15) is 10.7 Å². The van der Waals surface area contributed by atoms with E-state index in [2.05, 4.69) is 36.3 Å². The van der Waals surface area contributed by atoms with Crippen molar-refractivity contribution in [1.82, 2.24) is 9.88 Å². The molecule has 0 radical (unpaired) electrons. The third-order valence-corrected chi connectivity index (χ3v) is 6.12. The molecule has 0 bridgehead atoms. The Hall–Kier alpha value is -3.03. The van der Waals surface area contributed by atoms with Gasteiger partial charge in [-0.3, -0.25) is 9.59 Å². The highest BCUT2D eigenvalue weighted by Crippen LogP contribution is 2.26. The fraction of sp³-hybridized carbons (Fsp3) is 0.292. The maximum absolute atomic E-state index is 12.7. The van der Waals surface area contributed by atoms with E-state index < -0.39 is 0 Å². The van der Waals surface area contributed by atoms with Gasteiger partial charge in [-0.25, -0.2) is 4.98 Å². The number of benzene rings is 2. The number of morpholine rings is 1. The number of thiazole rings is 1. The summed E-state index contributed by atoms with van der Waals surface area (Å²) < 4.78 is 5.30. The molecule has 6 nitrogen and oxygen atoms in total. The smallest absolute Gasteiger partial charge is 0.275 e. The largest absolute Gasteiger partial charge is 0.378 e. The van der Waals surface area contributed by atoms with Crippen molar-refractivity contribution in [3.8, 4) is 10.6 Å². The second-order valence-electron chi connectivity index (χ2n) is 7.75. The Labute approximate surface area is 185 Å². The van der Waals surface area contributed by atoms with Crippen molar-refractivity contribution in [3.05, 3.63) is 70.7 Å². The third-order valence-electron chi connectivity index (χ3n) is 5.23. The van der Waals surface area contributed by atoms with Crippen LogP contribution in [0.3, 0.4) is 0 Å². The molecule has 1 aromatic heterocycles. The second-order valence-corrected chi connectivity index (χ2v) is 8.61. The van der Waals surface area contributed by atoms with Crippen LogP contribution in [0.2, 0.25) is 0 Å². The van der Waals surface area contributed by atoms with Gasteiger partial charge in [0.05, 0.1) is 13.2 Å². The summed E-state index contributed by atoms with van der Waals surface area (Å²) >= 11 is 1.44. The minimum Gasteiger partial charge on any atom is -0.378 e. The van der Waals surface area contributed by atoms with Crippen molar-refractivity contribution in [1.29, 1.82) is 0 Å². The Morgan fingerprint density at radius 1 is 1.10 bits per heavy atom. The van der Waals surface area contributed by atoms with Crippen molar-refractivity contribution < 1.29 is 14.3 Å². The van der Waals surface area contributed by atoms with Crippen molar-refractivity contribution in [2.24, 2.45) is 0 Å². The van der Waals surface area contributed by atoms with Crippen LogP contribution in [-0.4, -0.2) is 48.0 Å². The Kier molecular flexibility index (Phi) is 6.44. The molecule has 2 aromatic carbocycles. The molecule has 31 heavy (non-hydrogen) atoms. The maximum Gasteiger partial charge on any atom is 0.275 e. The first-order valence-corrected chi connectivity index (χ1v) is 11.2. The summed E-state index contributed by atoms with van der Waals surface area (Å²) in [5.41, 5.74) is 3.73. The number of carbonyl (C=O) groups is 2. The summed E-state index contributed by atoms with van der Waals surface area (Å²) in [5, 5.41) is 5.41. The van der Waals surface area contributed by atoms with Crippen LogP contribution in [0.25, 0.3) is 10.6 Å². The molecule has 160 valence electrons. The molecule has 4 rings (SSSR count). The number of hydrogen-bond acceptors (Lipinski definition) is 5. The topological polar surface area (TPSA) is 71.5 Å². The zero-order valence-corrected chi connectivity index (χ0v) is 18.4. The lowest BCUT2D eigenvalue weighted by Crippen LogP contribution is -2.40. The van der Waals surface area contributed by atoms with Gasteiger partial charge in [-0.1, -0.05) is 44.2 Å². The maximum atomic E-state index is 12.7. The highest BCUT2D eigenvalue weighted by molar-refractivity contribution is 7.13. The number of nitrogens with one attached hydrogen (secondary N) is 1. The van der Waals surface area contributed by atoms with Gasteiger partial charge >= 0.3 is 0 Å². The second kappa shape index (κ2) is 9.41. The Morgan fingerprint density at radius 3 is 2.55 bits per heavy atom. The number of ether oxygens (including phenoxy) is 1. The first kappa shape index (κ1) is 21.2. The van der Waals surface area contributed by atoms with Gasteiger partial charge < -0.3 is 15.0 Å². The van der Waals surface area contributed by atoms with Crippen LogP contribution in [-0.2, 0) is 4.74 Å². The lowest BCUT2D eigenvalue weighted by molar-refractivity contribution is 0.0303. The first-order valence-electron chi connectivity index (χ1n) is 10.4. The summed E-state index contributed by atoms with van der Waals surface area (Å²) in [6.45, 7) is 6.57. The zero-order chi connectivity index (χ0) is 21.8. The van der Waals surface area contributed by atoms with Crippen LogP contribution < -0.4 is 5.32 Å². The molecule has 7 heteroatoms. The van der Waals surface area contributed by atoms with E-state index in [0.29, 0.717) is 49.2 Å². The van der Waals surface area contributed by atoms with Gasteiger partial charge in [-0.15, -0.1) is 11.3 Å². The van der Waals surface area contributed by atoms with E-state index >= 15 is 0 Å². The molecule has 0 spiro atoms. The molecule has 0 unspecified atom stereocenters. The predicted octanol–water partition coefficient (Wildman–Crippen LogP) is 4.66. The standard InChI is InChI=1S/C24H25N3O3S/c1-16(2)17-6-8-18(9-7-17)23-26-21(15-31-23)22(28)25-20-5-3-4-19(14-20)24(29)27-10-12-30-13-11-27/h3-9,14-16H,10-13H2,1-2H3,(H,25,28). The monoisotopic (exact) mass is 435 g/mol. The number of hydrogen-bond donors (Lipinski definition) is 1. The van der Waals surface area contributed by atoms with Crippen LogP contribution in [0.15, 0.2) is 53.9 Å². The molecular formula is C24H25N3O3S. The van der Waals surface area contributed by atoms with Crippen molar-refractivity contribution in [2.75, 3.05) is 31.6 Å². The number of anilines is 1. The number of amides is 2. The molecule has 1 saturated heterocycles. The summed E-state index contributed by atoms with van der Waals surface area (Å²) in [6, 6.07) is 15.3. The van der Waals surface area contributed by atoms with Crippen molar-refractivity contribution in [3.63, 3.8) is 0 Å². The number of aromatic nitrogens is 1. The summed E-state index contributed by atoms with van der Waals surface area (Å²) in [4.78, 5) is 31.7. The lowest BCUT2D eigenvalue weighted by Gasteiger charge is -2.27. The lowest BCUT2D eigenvalue weighted by atomic mass is 10.0. The molecule has 1 aliphatic rings. The van der Waals surface area contributed by atoms with Gasteiger partial charge in [0.25, 0.3) is 11.8 Å². The van der Waals surface area contributed by atoms with E-state index in [0.717, 1.165) is 10.6 Å². The minimum atomic E-state index is -0.294. The van der Waals surface area contributed by atoms with Crippen LogP contribution in [0, 0.1) is 0 Å². The van der Waals surface area contributed by atoms with Crippen LogP contribution in [0.1, 0.15) is 46.2 Å². The molecule has 1 fully saturated rings. The van der Waals surface area contributed by atoms with Gasteiger partial charge in [-0.05, 0) is 29.7 Å². The van der Waals surface area contributed by atoms with E-state index in [1.807, 2.05) is 12.1 Å². The predicted molar refractivity (Wildman–Crippen MR) is 123 cm³/mol. The zero-order valence-electron chi connectivity index (χ0n) is 17.6. The van der Waals surface area contributed by atoms with Crippen LogP contribution >= 0.6 is 11.3 Å². The SMILES string of the molecule is CC(C)c1ccc(-c2nc(C(=O)Nc3cccc(C(=O)N4CCOCC4)c3)cs2)cc1. The molecule has 0 saturated carbocycles. The molecular weight excluding hydrogens is 410 g/mol. The molecule has 2 heterocycles. The molecule has 2 amide bonds. The highest BCUT2D eigenvalue weighted by atomic mass is 32.1. The van der Waals surface area contributed by atoms with E-state index in [1.54, 1.807) is 34.5 Å². The Balaban J connectivity index is 1.44. The van der Waals surface area contributed by atoms with E-state index in [1.165, 1.54) is 16.9 Å². The van der Waals surface area contributed by atoms with Crippen LogP contribution in [0.4, 0.5) is 5.69 Å². The highest BCUT2D eigenvalue weighted by Gasteiger charge is 2.19. The first-order chi connectivity index (χ1) is 15.0. The van der Waals surface area contributed by atoms with E-state index in [-0.39, 0.29) is 11.8 Å². The molecule has 3 aromatic rings. The van der Waals surface area contributed by atoms with Crippen molar-refractivity contribution in [2.45, 2.75) is 19.8 Å².